The molecule has 0 spiro atoms. The molecule has 4 nitrogen and oxygen atoms in total. The van der Waals surface area contributed by atoms with Crippen LogP contribution in [0.25, 0.3) is 11.0 Å². The average molecular weight is 259 g/mol. The van der Waals surface area contributed by atoms with Gasteiger partial charge < -0.3 is 15.0 Å². The van der Waals surface area contributed by atoms with Crippen molar-refractivity contribution in [3.8, 4) is 5.75 Å². The quantitative estimate of drug-likeness (QED) is 0.890. The lowest BCUT2D eigenvalue weighted by Crippen LogP contribution is -2.32. The van der Waals surface area contributed by atoms with Crippen molar-refractivity contribution < 1.29 is 4.74 Å². The Morgan fingerprint density at radius 2 is 2.32 bits per heavy atom. The number of H-pyrrole nitrogens is 1. The van der Waals surface area contributed by atoms with Crippen LogP contribution >= 0.6 is 0 Å². The van der Waals surface area contributed by atoms with Crippen LogP contribution in [0, 0.1) is 5.92 Å². The SMILES string of the molecule is CCC1CCNC(c2nc3ccc(OC)cc3[nH]2)C1. The highest BCUT2D eigenvalue weighted by Crippen LogP contribution is 2.29. The van der Waals surface area contributed by atoms with Gasteiger partial charge >= 0.3 is 0 Å². The van der Waals surface area contributed by atoms with E-state index in [1.54, 1.807) is 7.11 Å². The van der Waals surface area contributed by atoms with E-state index in [4.69, 9.17) is 9.72 Å². The first-order valence-corrected chi connectivity index (χ1v) is 7.07. The van der Waals surface area contributed by atoms with Crippen LogP contribution in [0.4, 0.5) is 0 Å². The summed E-state index contributed by atoms with van der Waals surface area (Å²) in [6.45, 7) is 3.36. The third kappa shape index (κ3) is 2.45. The Morgan fingerprint density at radius 1 is 1.42 bits per heavy atom. The van der Waals surface area contributed by atoms with Crippen LogP contribution in [-0.4, -0.2) is 23.6 Å². The number of ether oxygens (including phenoxy) is 1. The van der Waals surface area contributed by atoms with Crippen molar-refractivity contribution in [3.63, 3.8) is 0 Å². The standard InChI is InChI=1S/C15H21N3O/c1-3-10-6-7-16-14(8-10)15-17-12-5-4-11(19-2)9-13(12)18-15/h4-5,9-10,14,16H,3,6-8H2,1-2H3,(H,17,18). The van der Waals surface area contributed by atoms with Gasteiger partial charge in [-0.05, 0) is 37.4 Å². The molecule has 1 fully saturated rings. The second-order valence-corrected chi connectivity index (χ2v) is 5.31. The molecule has 1 saturated heterocycles. The molecule has 19 heavy (non-hydrogen) atoms. The second kappa shape index (κ2) is 5.21. The molecule has 3 rings (SSSR count). The fraction of sp³-hybridized carbons (Fsp3) is 0.533. The predicted molar refractivity (Wildman–Crippen MR) is 76.4 cm³/mol. The minimum atomic E-state index is 0.358. The molecule has 1 aromatic carbocycles. The second-order valence-electron chi connectivity index (χ2n) is 5.31. The lowest BCUT2D eigenvalue weighted by Gasteiger charge is -2.28. The maximum Gasteiger partial charge on any atom is 0.124 e. The summed E-state index contributed by atoms with van der Waals surface area (Å²) in [5.74, 6) is 2.74. The molecular formula is C15H21N3O. The monoisotopic (exact) mass is 259 g/mol. The molecule has 0 amide bonds. The molecule has 2 N–H and O–H groups in total. The highest BCUT2D eigenvalue weighted by atomic mass is 16.5. The summed E-state index contributed by atoms with van der Waals surface area (Å²) in [6, 6.07) is 6.33. The summed E-state index contributed by atoms with van der Waals surface area (Å²) < 4.78 is 5.25. The van der Waals surface area contributed by atoms with E-state index in [2.05, 4.69) is 17.2 Å². The smallest absolute Gasteiger partial charge is 0.124 e. The lowest BCUT2D eigenvalue weighted by atomic mass is 9.90. The van der Waals surface area contributed by atoms with Crippen LogP contribution in [0.2, 0.25) is 0 Å². The molecular weight excluding hydrogens is 238 g/mol. The van der Waals surface area contributed by atoms with Crippen LogP contribution in [0.5, 0.6) is 5.75 Å². The third-order valence-electron chi connectivity index (χ3n) is 4.13. The van der Waals surface area contributed by atoms with E-state index in [-0.39, 0.29) is 0 Å². The number of rotatable bonds is 3. The maximum atomic E-state index is 5.25. The number of fused-ring (bicyclic) bond motifs is 1. The van der Waals surface area contributed by atoms with Crippen LogP contribution in [0.3, 0.4) is 0 Å². The van der Waals surface area contributed by atoms with Gasteiger partial charge in [-0.3, -0.25) is 0 Å². The van der Waals surface area contributed by atoms with E-state index in [1.165, 1.54) is 19.3 Å². The van der Waals surface area contributed by atoms with E-state index in [9.17, 15) is 0 Å². The summed E-state index contributed by atoms with van der Waals surface area (Å²) in [5.41, 5.74) is 2.06. The summed E-state index contributed by atoms with van der Waals surface area (Å²) >= 11 is 0. The predicted octanol–water partition coefficient (Wildman–Crippen LogP) is 3.02. The van der Waals surface area contributed by atoms with E-state index in [1.807, 2.05) is 18.2 Å². The van der Waals surface area contributed by atoms with Crippen molar-refractivity contribution in [2.24, 2.45) is 5.92 Å². The van der Waals surface area contributed by atoms with Crippen molar-refractivity contribution in [3.05, 3.63) is 24.0 Å². The minimum Gasteiger partial charge on any atom is -0.497 e. The van der Waals surface area contributed by atoms with Gasteiger partial charge in [0.05, 0.1) is 24.2 Å². The van der Waals surface area contributed by atoms with Crippen molar-refractivity contribution in [2.75, 3.05) is 13.7 Å². The van der Waals surface area contributed by atoms with E-state index in [0.29, 0.717) is 6.04 Å². The van der Waals surface area contributed by atoms with Gasteiger partial charge in [-0.1, -0.05) is 13.3 Å². The van der Waals surface area contributed by atoms with Crippen molar-refractivity contribution >= 4 is 11.0 Å². The van der Waals surface area contributed by atoms with Gasteiger partial charge in [0, 0.05) is 6.07 Å². The van der Waals surface area contributed by atoms with E-state index < -0.39 is 0 Å². The third-order valence-corrected chi connectivity index (χ3v) is 4.13. The number of aromatic amines is 1. The Hall–Kier alpha value is -1.55. The zero-order chi connectivity index (χ0) is 13.2. The highest BCUT2D eigenvalue weighted by molar-refractivity contribution is 5.76. The summed E-state index contributed by atoms with van der Waals surface area (Å²) in [5, 5.41) is 3.56. The number of hydrogen-bond acceptors (Lipinski definition) is 3. The highest BCUT2D eigenvalue weighted by Gasteiger charge is 2.23. The molecule has 0 radical (unpaired) electrons. The first kappa shape index (κ1) is 12.5. The van der Waals surface area contributed by atoms with Crippen LogP contribution < -0.4 is 10.1 Å². The first-order valence-electron chi connectivity index (χ1n) is 7.07. The fourth-order valence-electron chi connectivity index (χ4n) is 2.88. The van der Waals surface area contributed by atoms with Gasteiger partial charge in [-0.25, -0.2) is 4.98 Å². The Bertz CT molecular complexity index is 564. The minimum absolute atomic E-state index is 0.358. The zero-order valence-electron chi connectivity index (χ0n) is 11.6. The Kier molecular flexibility index (Phi) is 3.42. The molecule has 2 unspecified atom stereocenters. The number of aromatic nitrogens is 2. The molecule has 0 saturated carbocycles. The fourth-order valence-corrected chi connectivity index (χ4v) is 2.88. The largest absolute Gasteiger partial charge is 0.497 e. The molecule has 2 aromatic rings. The molecule has 2 atom stereocenters. The average Bonchev–Trinajstić information content (AvgIpc) is 2.90. The van der Waals surface area contributed by atoms with Crippen molar-refractivity contribution in [1.82, 2.24) is 15.3 Å². The van der Waals surface area contributed by atoms with Gasteiger partial charge in [0.25, 0.3) is 0 Å². The zero-order valence-corrected chi connectivity index (χ0v) is 11.6. The van der Waals surface area contributed by atoms with Gasteiger partial charge in [0.1, 0.15) is 11.6 Å². The number of benzene rings is 1. The van der Waals surface area contributed by atoms with E-state index >= 15 is 0 Å². The van der Waals surface area contributed by atoms with Gasteiger partial charge in [0.2, 0.25) is 0 Å². The summed E-state index contributed by atoms with van der Waals surface area (Å²) in [7, 11) is 1.69. The number of nitrogens with zero attached hydrogens (tertiary/aromatic N) is 1. The summed E-state index contributed by atoms with van der Waals surface area (Å²) in [4.78, 5) is 8.14. The van der Waals surface area contributed by atoms with Crippen molar-refractivity contribution in [1.29, 1.82) is 0 Å². The van der Waals surface area contributed by atoms with Crippen molar-refractivity contribution in [2.45, 2.75) is 32.2 Å². The van der Waals surface area contributed by atoms with Gasteiger partial charge in [0.15, 0.2) is 0 Å². The van der Waals surface area contributed by atoms with Crippen LogP contribution in [0.15, 0.2) is 18.2 Å². The van der Waals surface area contributed by atoms with Gasteiger partial charge in [-0.15, -0.1) is 0 Å². The molecule has 0 aliphatic carbocycles. The molecule has 0 bridgehead atoms. The number of nitrogens with one attached hydrogen (secondary N) is 2. The summed E-state index contributed by atoms with van der Waals surface area (Å²) in [6.07, 6.45) is 3.71. The van der Waals surface area contributed by atoms with E-state index in [0.717, 1.165) is 35.1 Å². The Morgan fingerprint density at radius 3 is 3.11 bits per heavy atom. The maximum absolute atomic E-state index is 5.25. The lowest BCUT2D eigenvalue weighted by molar-refractivity contribution is 0.292. The number of imidazole rings is 1. The Balaban J connectivity index is 1.88. The molecule has 102 valence electrons. The molecule has 2 heterocycles. The molecule has 4 heteroatoms. The van der Waals surface area contributed by atoms with Crippen LogP contribution in [-0.2, 0) is 0 Å². The molecule has 1 aliphatic heterocycles. The van der Waals surface area contributed by atoms with Crippen LogP contribution in [0.1, 0.15) is 38.1 Å². The topological polar surface area (TPSA) is 49.9 Å². The number of piperidine rings is 1. The molecule has 1 aliphatic rings. The number of methoxy groups -OCH3 is 1. The normalized spacial score (nSPS) is 23.7. The first-order chi connectivity index (χ1) is 9.30. The van der Waals surface area contributed by atoms with Gasteiger partial charge in [-0.2, -0.15) is 0 Å². The Labute approximate surface area is 113 Å². The number of hydrogen-bond donors (Lipinski definition) is 2. The molecule has 1 aromatic heterocycles.